The molecule has 0 fully saturated rings. The van der Waals surface area contributed by atoms with Gasteiger partial charge in [-0.3, -0.25) is 9.59 Å². The van der Waals surface area contributed by atoms with E-state index in [4.69, 9.17) is 4.74 Å². The van der Waals surface area contributed by atoms with Crippen LogP contribution in [0.3, 0.4) is 0 Å². The number of fused-ring (bicyclic) bond motifs is 2. The van der Waals surface area contributed by atoms with Crippen LogP contribution >= 0.6 is 0 Å². The van der Waals surface area contributed by atoms with Gasteiger partial charge in [-0.25, -0.2) is 0 Å². The molecule has 5 nitrogen and oxygen atoms in total. The topological polar surface area (TPSA) is 67.4 Å². The molecule has 0 saturated carbocycles. The maximum atomic E-state index is 12.3. The van der Waals surface area contributed by atoms with Gasteiger partial charge in [-0.1, -0.05) is 26.0 Å². The van der Waals surface area contributed by atoms with Crippen LogP contribution in [0.5, 0.6) is 11.5 Å². The Balaban J connectivity index is 1.95. The summed E-state index contributed by atoms with van der Waals surface area (Å²) in [4.78, 5) is 24.1. The third kappa shape index (κ3) is 2.65. The summed E-state index contributed by atoms with van der Waals surface area (Å²) in [5, 5.41) is 5.58. The number of carbonyl (C=O) groups excluding carboxylic acids is 2. The minimum absolute atomic E-state index is 0.0989. The van der Waals surface area contributed by atoms with Gasteiger partial charge in [0.1, 0.15) is 5.75 Å². The Kier molecular flexibility index (Phi) is 3.55. The molecule has 0 aliphatic carbocycles. The van der Waals surface area contributed by atoms with E-state index in [0.717, 1.165) is 0 Å². The zero-order chi connectivity index (χ0) is 15.7. The maximum absolute atomic E-state index is 12.3. The molecule has 0 atom stereocenters. The van der Waals surface area contributed by atoms with Crippen LogP contribution in [0, 0.1) is 5.92 Å². The molecule has 0 spiro atoms. The molecular formula is C17H16N2O3. The summed E-state index contributed by atoms with van der Waals surface area (Å²) in [7, 11) is 0. The number of ether oxygens (including phenoxy) is 1. The van der Waals surface area contributed by atoms with Crippen LogP contribution in [0.15, 0.2) is 42.5 Å². The molecule has 0 bridgehead atoms. The Bertz CT molecular complexity index is 753. The summed E-state index contributed by atoms with van der Waals surface area (Å²) in [6, 6.07) is 12.3. The average Bonchev–Trinajstić information content (AvgIpc) is 2.63. The first kappa shape index (κ1) is 14.1. The van der Waals surface area contributed by atoms with Crippen molar-refractivity contribution in [3.63, 3.8) is 0 Å². The van der Waals surface area contributed by atoms with Gasteiger partial charge in [-0.05, 0) is 30.3 Å². The molecule has 22 heavy (non-hydrogen) atoms. The molecule has 2 amide bonds. The maximum Gasteiger partial charge on any atom is 0.259 e. The number of anilines is 2. The molecule has 3 rings (SSSR count). The second kappa shape index (κ2) is 5.52. The lowest BCUT2D eigenvalue weighted by molar-refractivity contribution is -0.118. The molecule has 2 aromatic rings. The van der Waals surface area contributed by atoms with E-state index in [9.17, 15) is 9.59 Å². The Morgan fingerprint density at radius 2 is 1.91 bits per heavy atom. The highest BCUT2D eigenvalue weighted by molar-refractivity contribution is 6.09. The Labute approximate surface area is 128 Å². The SMILES string of the molecule is CC(C)C(=O)Nc1ccc2c(c1)C(=O)Nc1ccccc1O2. The zero-order valence-corrected chi connectivity index (χ0v) is 12.3. The molecule has 1 aliphatic rings. The fourth-order valence-corrected chi connectivity index (χ4v) is 2.13. The van der Waals surface area contributed by atoms with E-state index < -0.39 is 0 Å². The lowest BCUT2D eigenvalue weighted by Gasteiger charge is -2.11. The second-order valence-electron chi connectivity index (χ2n) is 5.41. The van der Waals surface area contributed by atoms with Gasteiger partial charge in [0.15, 0.2) is 5.75 Å². The van der Waals surface area contributed by atoms with Crippen LogP contribution in [0.2, 0.25) is 0 Å². The molecule has 1 aliphatic heterocycles. The molecular weight excluding hydrogens is 280 g/mol. The number of hydrogen-bond donors (Lipinski definition) is 2. The third-order valence-corrected chi connectivity index (χ3v) is 3.37. The normalized spacial score (nSPS) is 12.6. The van der Waals surface area contributed by atoms with Gasteiger partial charge in [0.2, 0.25) is 5.91 Å². The Morgan fingerprint density at radius 3 is 2.68 bits per heavy atom. The van der Waals surface area contributed by atoms with Crippen molar-refractivity contribution in [3.05, 3.63) is 48.0 Å². The summed E-state index contributed by atoms with van der Waals surface area (Å²) >= 11 is 0. The zero-order valence-electron chi connectivity index (χ0n) is 12.3. The fourth-order valence-electron chi connectivity index (χ4n) is 2.13. The van der Waals surface area contributed by atoms with Gasteiger partial charge in [0.05, 0.1) is 11.3 Å². The first-order valence-corrected chi connectivity index (χ1v) is 7.08. The van der Waals surface area contributed by atoms with Crippen molar-refractivity contribution < 1.29 is 14.3 Å². The first-order chi connectivity index (χ1) is 10.5. The minimum atomic E-state index is -0.263. The van der Waals surface area contributed by atoms with Crippen LogP contribution in [-0.4, -0.2) is 11.8 Å². The average molecular weight is 296 g/mol. The summed E-state index contributed by atoms with van der Waals surface area (Å²) in [5.41, 5.74) is 1.58. The van der Waals surface area contributed by atoms with Crippen molar-refractivity contribution in [1.82, 2.24) is 0 Å². The fraction of sp³-hybridized carbons (Fsp3) is 0.176. The molecule has 5 heteroatoms. The smallest absolute Gasteiger partial charge is 0.259 e. The van der Waals surface area contributed by atoms with Crippen LogP contribution < -0.4 is 15.4 Å². The highest BCUT2D eigenvalue weighted by atomic mass is 16.5. The molecule has 2 N–H and O–H groups in total. The van der Waals surface area contributed by atoms with E-state index in [2.05, 4.69) is 10.6 Å². The number of rotatable bonds is 2. The Hall–Kier alpha value is -2.82. The largest absolute Gasteiger partial charge is 0.454 e. The number of amides is 2. The number of benzene rings is 2. The van der Waals surface area contributed by atoms with Crippen molar-refractivity contribution in [2.45, 2.75) is 13.8 Å². The highest BCUT2D eigenvalue weighted by Gasteiger charge is 2.21. The number of hydrogen-bond acceptors (Lipinski definition) is 3. The van der Waals surface area contributed by atoms with Crippen LogP contribution in [-0.2, 0) is 4.79 Å². The van der Waals surface area contributed by atoms with Crippen molar-refractivity contribution in [1.29, 1.82) is 0 Å². The van der Waals surface area contributed by atoms with E-state index in [-0.39, 0.29) is 17.7 Å². The summed E-state index contributed by atoms with van der Waals surface area (Å²) in [5.74, 6) is 0.561. The van der Waals surface area contributed by atoms with Gasteiger partial charge in [0, 0.05) is 11.6 Å². The standard InChI is InChI=1S/C17H16N2O3/c1-10(2)16(20)18-11-7-8-14-12(9-11)17(21)19-13-5-3-4-6-15(13)22-14/h3-10H,1-2H3,(H,18,20)(H,19,21). The highest BCUT2D eigenvalue weighted by Crippen LogP contribution is 2.36. The van der Waals surface area contributed by atoms with E-state index >= 15 is 0 Å². The van der Waals surface area contributed by atoms with Crippen LogP contribution in [0.4, 0.5) is 11.4 Å². The van der Waals surface area contributed by atoms with Gasteiger partial charge < -0.3 is 15.4 Å². The van der Waals surface area contributed by atoms with Crippen molar-refractivity contribution >= 4 is 23.2 Å². The first-order valence-electron chi connectivity index (χ1n) is 7.08. The van der Waals surface area contributed by atoms with Gasteiger partial charge in [-0.15, -0.1) is 0 Å². The summed E-state index contributed by atoms with van der Waals surface area (Å²) in [6.45, 7) is 3.62. The molecule has 0 saturated heterocycles. The van der Waals surface area contributed by atoms with Gasteiger partial charge in [0.25, 0.3) is 5.91 Å². The van der Waals surface area contributed by atoms with E-state index in [1.54, 1.807) is 30.3 Å². The van der Waals surface area contributed by atoms with Crippen LogP contribution in [0.1, 0.15) is 24.2 Å². The molecule has 112 valence electrons. The predicted octanol–water partition coefficient (Wildman–Crippen LogP) is 3.64. The van der Waals surface area contributed by atoms with Crippen molar-refractivity contribution in [3.8, 4) is 11.5 Å². The number of carbonyl (C=O) groups is 2. The molecule has 0 aromatic heterocycles. The monoisotopic (exact) mass is 296 g/mol. The van der Waals surface area contributed by atoms with Gasteiger partial charge >= 0.3 is 0 Å². The predicted molar refractivity (Wildman–Crippen MR) is 84.4 cm³/mol. The van der Waals surface area contributed by atoms with E-state index in [0.29, 0.717) is 28.4 Å². The van der Waals surface area contributed by atoms with Crippen LogP contribution in [0.25, 0.3) is 0 Å². The molecule has 0 unspecified atom stereocenters. The quantitative estimate of drug-likeness (QED) is 0.889. The van der Waals surface area contributed by atoms with Crippen molar-refractivity contribution in [2.24, 2.45) is 5.92 Å². The lowest BCUT2D eigenvalue weighted by Crippen LogP contribution is -2.18. The van der Waals surface area contributed by atoms with Gasteiger partial charge in [-0.2, -0.15) is 0 Å². The third-order valence-electron chi connectivity index (χ3n) is 3.37. The minimum Gasteiger partial charge on any atom is -0.454 e. The second-order valence-corrected chi connectivity index (χ2v) is 5.41. The number of nitrogens with one attached hydrogen (secondary N) is 2. The lowest BCUT2D eigenvalue weighted by atomic mass is 10.1. The molecule has 0 radical (unpaired) electrons. The molecule has 1 heterocycles. The van der Waals surface area contributed by atoms with E-state index in [1.807, 2.05) is 26.0 Å². The van der Waals surface area contributed by atoms with E-state index in [1.165, 1.54) is 0 Å². The van der Waals surface area contributed by atoms with Crippen molar-refractivity contribution in [2.75, 3.05) is 10.6 Å². The number of para-hydroxylation sites is 2. The summed E-state index contributed by atoms with van der Waals surface area (Å²) < 4.78 is 5.78. The summed E-state index contributed by atoms with van der Waals surface area (Å²) in [6.07, 6.45) is 0. The molecule has 2 aromatic carbocycles. The Morgan fingerprint density at radius 1 is 1.14 bits per heavy atom.